The monoisotopic (exact) mass is 1840 g/mol. The molecule has 4 heterocycles. The van der Waals surface area contributed by atoms with Gasteiger partial charge in [-0.25, -0.2) is 14.0 Å². The number of benzene rings is 12. The number of ether oxygens (including phenoxy) is 8. The average Bonchev–Trinajstić information content (AvgIpc) is 1.55. The molecule has 0 atom stereocenters. The van der Waals surface area contributed by atoms with Crippen molar-refractivity contribution in [3.63, 3.8) is 0 Å². The summed E-state index contributed by atoms with van der Waals surface area (Å²) < 4.78 is 59.4. The van der Waals surface area contributed by atoms with E-state index in [9.17, 15) is 68.0 Å². The van der Waals surface area contributed by atoms with Gasteiger partial charge < -0.3 is 58.3 Å². The Morgan fingerprint density at radius 3 is 1.06 bits per heavy atom. The van der Waals surface area contributed by atoms with Gasteiger partial charge in [-0.05, 0) is 283 Å². The number of ketones is 3. The number of fused-ring (bicyclic) bond motifs is 4. The highest BCUT2D eigenvalue weighted by Crippen LogP contribution is 2.62. The van der Waals surface area contributed by atoms with Gasteiger partial charge in [-0.2, -0.15) is 0 Å². The fourth-order valence-corrected chi connectivity index (χ4v) is 19.8. The van der Waals surface area contributed by atoms with E-state index in [2.05, 4.69) is 29.6 Å². The SMILES string of the molecule is Cc1cc(C)c(C(=O)c2sc3cc(O)ccc3c2Oc2ccc(/C=C/OC=O)cc2)c(C)c1.Cc1cc(F)ccc1C1(c2sc3cc(O)ccc3c2Oc2ccc(/C=C/OC=O)cc2)CC1.Cc1ccc(C(=O)c2sc3cc(O)ccc3c2Oc2ccc(NC(=O)OC=O)cc2)c(C)c1.Cc1ccc(C(=O)c2sc3cc(O)ccc3c2Oc2ccc(NC(=O)OC=O)cc2)c(C)c1. The van der Waals surface area contributed by atoms with Crippen LogP contribution in [0.5, 0.6) is 69.0 Å². The number of thiophene rings is 4. The van der Waals surface area contributed by atoms with Gasteiger partial charge in [-0.1, -0.05) is 95.6 Å². The maximum absolute atomic E-state index is 13.8. The van der Waals surface area contributed by atoms with Crippen LogP contribution in [0.3, 0.4) is 0 Å². The number of rotatable bonds is 26. The van der Waals surface area contributed by atoms with Crippen LogP contribution >= 0.6 is 45.3 Å². The zero-order valence-corrected chi connectivity index (χ0v) is 75.1. The summed E-state index contributed by atoms with van der Waals surface area (Å²) in [5, 5.41) is 47.7. The number of phenolic OH excluding ortho intramolecular Hbond substituents is 4. The fourth-order valence-electron chi connectivity index (χ4n) is 15.0. The smallest absolute Gasteiger partial charge is 0.419 e. The molecule has 28 heteroatoms. The number of anilines is 2. The minimum atomic E-state index is -0.899. The largest absolute Gasteiger partial charge is 0.508 e. The zero-order chi connectivity index (χ0) is 93.6. The molecule has 23 nitrogen and oxygen atoms in total. The van der Waals surface area contributed by atoms with Crippen molar-refractivity contribution in [3.05, 3.63) is 352 Å². The normalized spacial score (nSPS) is 11.7. The number of aryl methyl sites for hydroxylation is 8. The lowest BCUT2D eigenvalue weighted by Crippen LogP contribution is -2.12. The van der Waals surface area contributed by atoms with Crippen molar-refractivity contribution in [1.29, 1.82) is 0 Å². The van der Waals surface area contributed by atoms with E-state index < -0.39 is 12.2 Å². The second-order valence-corrected chi connectivity index (χ2v) is 34.8. The Morgan fingerprint density at radius 2 is 0.705 bits per heavy atom. The van der Waals surface area contributed by atoms with E-state index in [1.165, 1.54) is 52.6 Å². The molecule has 664 valence electrons. The molecule has 0 radical (unpaired) electrons. The first-order valence-corrected chi connectivity index (χ1v) is 44.0. The van der Waals surface area contributed by atoms with E-state index >= 15 is 0 Å². The summed E-state index contributed by atoms with van der Waals surface area (Å²) >= 11 is 5.41. The number of carbonyl (C=O) groups is 9. The molecule has 6 N–H and O–H groups in total. The van der Waals surface area contributed by atoms with Crippen LogP contribution in [0.4, 0.5) is 25.4 Å². The summed E-state index contributed by atoms with van der Waals surface area (Å²) in [6.45, 7) is 16.3. The molecule has 16 aromatic rings. The van der Waals surface area contributed by atoms with Gasteiger partial charge in [0.1, 0.15) is 72.2 Å². The second kappa shape index (κ2) is 41.0. The standard InChI is InChI=1S/C27H21FO4S.C27H22O5S.2C25H19NO6S/c1-17-14-19(28)4-9-23(17)27(11-12-27)26-25(22-8-5-20(30)15-24(22)33-26)32-21-6-2-18(3-7-21)10-13-31-16-29;1-16-12-17(2)24(18(3)13-16)25(30)27-26(22-9-6-20(29)14-23(22)33-27)32-21-7-4-19(5-8-21)10-11-31-15-28;2*1-14-3-9-19(15(2)11-14)22(29)24-23(20-10-6-17(28)12-21(20)33-24)32-18-7-4-16(5-8-18)26-25(30)31-13-27/h2-10,13-16,30H,11-12H2,1H3;4-15,29H,1-3H3;2*3-13,28H,1-2H3,(H,26,30)/b13-10+;11-10+;;. The maximum Gasteiger partial charge on any atom is 0.419 e. The first-order valence-electron chi connectivity index (χ1n) is 40.7. The quantitative estimate of drug-likeness (QED) is 0.00964. The van der Waals surface area contributed by atoms with E-state index in [-0.39, 0.29) is 64.5 Å². The summed E-state index contributed by atoms with van der Waals surface area (Å²) in [7, 11) is 0. The zero-order valence-electron chi connectivity index (χ0n) is 71.8. The third-order valence-corrected chi connectivity index (χ3v) is 25.9. The van der Waals surface area contributed by atoms with E-state index in [0.717, 1.165) is 105 Å². The number of halogens is 1. The van der Waals surface area contributed by atoms with Crippen LogP contribution in [0, 0.1) is 61.2 Å². The first kappa shape index (κ1) is 92.3. The molecular formula is C104H81FN2O21S4. The minimum absolute atomic E-state index is 0.0423. The lowest BCUT2D eigenvalue weighted by Gasteiger charge is -2.19. The average molecular weight is 1840 g/mol. The third kappa shape index (κ3) is 21.6. The number of nitrogens with one attached hydrogen (secondary N) is 2. The molecule has 132 heavy (non-hydrogen) atoms. The molecule has 1 fully saturated rings. The molecule has 1 aliphatic carbocycles. The fraction of sp³-hybridized carbons (Fsp3) is 0.106. The Balaban J connectivity index is 0.000000142. The minimum Gasteiger partial charge on any atom is -0.508 e. The topological polar surface area (TPSA) is 332 Å². The third-order valence-electron chi connectivity index (χ3n) is 21.1. The van der Waals surface area contributed by atoms with Gasteiger partial charge in [-0.15, -0.1) is 45.3 Å². The Labute approximate surface area is 771 Å². The van der Waals surface area contributed by atoms with Crippen molar-refractivity contribution >= 4 is 165 Å². The number of hydrogen-bond acceptors (Lipinski definition) is 25. The second-order valence-electron chi connectivity index (χ2n) is 30.6. The Kier molecular flexibility index (Phi) is 28.7. The van der Waals surface area contributed by atoms with E-state index in [0.29, 0.717) is 116 Å². The van der Waals surface area contributed by atoms with Crippen LogP contribution in [0.15, 0.2) is 249 Å². The van der Waals surface area contributed by atoms with Crippen molar-refractivity contribution in [2.75, 3.05) is 10.6 Å². The van der Waals surface area contributed by atoms with Crippen molar-refractivity contribution in [2.24, 2.45) is 0 Å². The van der Waals surface area contributed by atoms with Crippen molar-refractivity contribution in [3.8, 4) is 69.0 Å². The summed E-state index contributed by atoms with van der Waals surface area (Å²) in [5.41, 5.74) is 12.9. The Morgan fingerprint density at radius 1 is 0.356 bits per heavy atom. The van der Waals surface area contributed by atoms with Crippen molar-refractivity contribution in [1.82, 2.24) is 0 Å². The summed E-state index contributed by atoms with van der Waals surface area (Å²) in [6, 6.07) is 67.7. The maximum atomic E-state index is 13.8. The number of phenols is 4. The molecule has 0 bridgehead atoms. The van der Waals surface area contributed by atoms with Gasteiger partial charge in [0.25, 0.3) is 12.9 Å². The molecule has 0 unspecified atom stereocenters. The summed E-state index contributed by atoms with van der Waals surface area (Å²) in [4.78, 5) is 107. The van der Waals surface area contributed by atoms with Crippen LogP contribution in [-0.2, 0) is 43.5 Å². The van der Waals surface area contributed by atoms with E-state index in [4.69, 9.17) is 18.9 Å². The lowest BCUT2D eigenvalue weighted by molar-refractivity contribution is -0.124. The van der Waals surface area contributed by atoms with Gasteiger partial charge in [0.05, 0.1) is 17.4 Å². The Bertz CT molecular complexity index is 6970. The molecule has 4 aromatic heterocycles. The van der Waals surface area contributed by atoms with Gasteiger partial charge >= 0.3 is 25.1 Å². The van der Waals surface area contributed by atoms with Crippen LogP contribution in [-0.4, -0.2) is 75.9 Å². The van der Waals surface area contributed by atoms with Crippen LogP contribution in [0.1, 0.15) is 125 Å². The highest BCUT2D eigenvalue weighted by atomic mass is 32.1. The number of aromatic hydroxyl groups is 4. The van der Waals surface area contributed by atoms with Gasteiger partial charge in [0, 0.05) is 73.8 Å². The van der Waals surface area contributed by atoms with Crippen LogP contribution in [0.2, 0.25) is 0 Å². The van der Waals surface area contributed by atoms with Crippen LogP contribution in [0.25, 0.3) is 52.5 Å². The molecule has 1 saturated carbocycles. The van der Waals surface area contributed by atoms with Gasteiger partial charge in [0.2, 0.25) is 17.3 Å². The predicted molar refractivity (Wildman–Crippen MR) is 509 cm³/mol. The predicted octanol–water partition coefficient (Wildman–Crippen LogP) is 25.7. The van der Waals surface area contributed by atoms with Crippen LogP contribution < -0.4 is 29.6 Å². The molecule has 2 amide bonds. The molecule has 0 spiro atoms. The number of carbonyl (C=O) groups excluding carboxylic acids is 9. The molecule has 1 aliphatic rings. The first-order chi connectivity index (χ1) is 63.6. The highest BCUT2D eigenvalue weighted by Gasteiger charge is 2.50. The van der Waals surface area contributed by atoms with E-state index in [1.807, 2.05) is 140 Å². The molecule has 0 saturated heterocycles. The van der Waals surface area contributed by atoms with Crippen molar-refractivity contribution in [2.45, 2.75) is 73.6 Å². The van der Waals surface area contributed by atoms with Gasteiger partial charge in [-0.3, -0.25) is 44.2 Å². The van der Waals surface area contributed by atoms with E-state index in [1.54, 1.807) is 169 Å². The summed E-state index contributed by atoms with van der Waals surface area (Å²) in [6.07, 6.45) is 6.06. The number of amides is 2. The number of hydrogen-bond donors (Lipinski definition) is 6. The lowest BCUT2D eigenvalue weighted by atomic mass is 9.89. The summed E-state index contributed by atoms with van der Waals surface area (Å²) in [5.74, 6) is 3.96. The highest BCUT2D eigenvalue weighted by molar-refractivity contribution is 7.22. The molecule has 17 rings (SSSR count). The molecular weight excluding hydrogens is 1760 g/mol. The van der Waals surface area contributed by atoms with Crippen molar-refractivity contribution < 1.29 is 106 Å². The van der Waals surface area contributed by atoms with Gasteiger partial charge in [0.15, 0.2) is 17.2 Å². The molecule has 12 aromatic carbocycles. The Hall–Kier alpha value is -15.9. The molecule has 0 aliphatic heterocycles.